The highest BCUT2D eigenvalue weighted by Gasteiger charge is 2.25. The average Bonchev–Trinajstić information content (AvgIpc) is 2.76. The van der Waals surface area contributed by atoms with Crippen molar-refractivity contribution in [3.63, 3.8) is 0 Å². The molecule has 0 aliphatic carbocycles. The Morgan fingerprint density at radius 2 is 2.00 bits per heavy atom. The highest BCUT2D eigenvalue weighted by Crippen LogP contribution is 2.29. The molecule has 0 saturated carbocycles. The topological polar surface area (TPSA) is 85.0 Å². The lowest BCUT2D eigenvalue weighted by Crippen LogP contribution is -2.36. The first kappa shape index (κ1) is 18.1. The SMILES string of the molecule is NC(=O)COCCN1C(=O)CN=C(c2ccccc2)c2cc(Cl)ccc21. The van der Waals surface area contributed by atoms with Gasteiger partial charge in [-0.15, -0.1) is 0 Å². The molecule has 2 N–H and O–H groups in total. The molecule has 0 unspecified atom stereocenters. The number of ether oxygens (including phenoxy) is 1. The van der Waals surface area contributed by atoms with Crippen LogP contribution in [0.25, 0.3) is 0 Å². The second-order valence-corrected chi connectivity index (χ2v) is 6.19. The van der Waals surface area contributed by atoms with E-state index in [2.05, 4.69) is 4.99 Å². The number of primary amides is 1. The van der Waals surface area contributed by atoms with E-state index in [1.165, 1.54) is 0 Å². The van der Waals surface area contributed by atoms with Gasteiger partial charge in [-0.3, -0.25) is 14.6 Å². The zero-order valence-electron chi connectivity index (χ0n) is 14.0. The molecule has 2 amide bonds. The molecule has 1 aliphatic heterocycles. The third kappa shape index (κ3) is 4.09. The van der Waals surface area contributed by atoms with Crippen LogP contribution in [0.3, 0.4) is 0 Å². The molecule has 3 rings (SSSR count). The number of nitrogens with zero attached hydrogens (tertiary/aromatic N) is 2. The molecule has 6 nitrogen and oxygen atoms in total. The molecular weight excluding hydrogens is 354 g/mol. The van der Waals surface area contributed by atoms with Crippen molar-refractivity contribution in [1.82, 2.24) is 0 Å². The van der Waals surface area contributed by atoms with Crippen molar-refractivity contribution >= 4 is 34.8 Å². The number of benzodiazepines with no additional fused rings is 1. The second-order valence-electron chi connectivity index (χ2n) is 5.76. The number of hydrogen-bond acceptors (Lipinski definition) is 4. The van der Waals surface area contributed by atoms with Crippen molar-refractivity contribution in [3.8, 4) is 0 Å². The molecule has 0 atom stereocenters. The summed E-state index contributed by atoms with van der Waals surface area (Å²) in [6.45, 7) is 0.323. The van der Waals surface area contributed by atoms with E-state index in [9.17, 15) is 9.59 Å². The maximum Gasteiger partial charge on any atom is 0.248 e. The minimum atomic E-state index is -0.547. The van der Waals surface area contributed by atoms with Crippen LogP contribution in [0.2, 0.25) is 5.02 Å². The summed E-state index contributed by atoms with van der Waals surface area (Å²) < 4.78 is 5.21. The van der Waals surface area contributed by atoms with Gasteiger partial charge < -0.3 is 15.4 Å². The second kappa shape index (κ2) is 8.12. The number of anilines is 1. The molecule has 0 fully saturated rings. The Kier molecular flexibility index (Phi) is 5.65. The van der Waals surface area contributed by atoms with E-state index in [1.807, 2.05) is 30.3 Å². The van der Waals surface area contributed by atoms with Gasteiger partial charge in [0.2, 0.25) is 11.8 Å². The van der Waals surface area contributed by atoms with Crippen molar-refractivity contribution < 1.29 is 14.3 Å². The summed E-state index contributed by atoms with van der Waals surface area (Å²) in [5.74, 6) is -0.698. The number of fused-ring (bicyclic) bond motifs is 1. The molecule has 1 heterocycles. The maximum absolute atomic E-state index is 12.6. The molecule has 0 saturated heterocycles. The van der Waals surface area contributed by atoms with Gasteiger partial charge in [0.15, 0.2) is 0 Å². The fourth-order valence-corrected chi connectivity index (χ4v) is 2.97. The van der Waals surface area contributed by atoms with E-state index in [4.69, 9.17) is 22.1 Å². The summed E-state index contributed by atoms with van der Waals surface area (Å²) in [5.41, 5.74) is 8.19. The summed E-state index contributed by atoms with van der Waals surface area (Å²) in [6.07, 6.45) is 0. The third-order valence-corrected chi connectivity index (χ3v) is 4.16. The first-order valence-corrected chi connectivity index (χ1v) is 8.50. The predicted octanol–water partition coefficient (Wildman–Crippen LogP) is 2.03. The van der Waals surface area contributed by atoms with Crippen LogP contribution in [0.15, 0.2) is 53.5 Å². The van der Waals surface area contributed by atoms with E-state index in [1.54, 1.807) is 23.1 Å². The lowest BCUT2D eigenvalue weighted by molar-refractivity contribution is -0.122. The Labute approximate surface area is 156 Å². The predicted molar refractivity (Wildman–Crippen MR) is 101 cm³/mol. The van der Waals surface area contributed by atoms with E-state index >= 15 is 0 Å². The highest BCUT2D eigenvalue weighted by atomic mass is 35.5. The van der Waals surface area contributed by atoms with Crippen molar-refractivity contribution in [2.45, 2.75) is 0 Å². The lowest BCUT2D eigenvalue weighted by atomic mass is 10.0. The van der Waals surface area contributed by atoms with Gasteiger partial charge in [-0.05, 0) is 18.2 Å². The van der Waals surface area contributed by atoms with Crippen molar-refractivity contribution in [2.24, 2.45) is 10.7 Å². The van der Waals surface area contributed by atoms with Crippen molar-refractivity contribution in [3.05, 3.63) is 64.7 Å². The zero-order chi connectivity index (χ0) is 18.5. The van der Waals surface area contributed by atoms with Crippen LogP contribution < -0.4 is 10.6 Å². The Hall–Kier alpha value is -2.70. The molecule has 2 aromatic carbocycles. The van der Waals surface area contributed by atoms with Crippen LogP contribution in [-0.4, -0.2) is 43.8 Å². The Morgan fingerprint density at radius 3 is 2.73 bits per heavy atom. The molecule has 26 heavy (non-hydrogen) atoms. The van der Waals surface area contributed by atoms with Crippen LogP contribution in [0.5, 0.6) is 0 Å². The van der Waals surface area contributed by atoms with E-state index < -0.39 is 5.91 Å². The van der Waals surface area contributed by atoms with E-state index in [0.29, 0.717) is 17.3 Å². The number of benzene rings is 2. The normalized spacial score (nSPS) is 13.8. The molecule has 134 valence electrons. The first-order chi connectivity index (χ1) is 12.6. The number of amides is 2. The van der Waals surface area contributed by atoms with Gasteiger partial charge in [-0.25, -0.2) is 0 Å². The number of carbonyl (C=O) groups excluding carboxylic acids is 2. The Balaban J connectivity index is 1.94. The number of rotatable bonds is 6. The molecular formula is C19H18ClN3O3. The summed E-state index contributed by atoms with van der Waals surface area (Å²) >= 11 is 6.19. The standard InChI is InChI=1S/C19H18ClN3O3/c20-14-6-7-16-15(10-14)19(13-4-2-1-3-5-13)22-11-18(25)23(16)8-9-26-12-17(21)24/h1-7,10H,8-9,11-12H2,(H2,21,24). The lowest BCUT2D eigenvalue weighted by Gasteiger charge is -2.23. The summed E-state index contributed by atoms with van der Waals surface area (Å²) in [7, 11) is 0. The number of hydrogen-bond donors (Lipinski definition) is 1. The van der Waals surface area contributed by atoms with Crippen LogP contribution in [-0.2, 0) is 14.3 Å². The van der Waals surface area contributed by atoms with Gasteiger partial charge in [0.25, 0.3) is 0 Å². The molecule has 0 bridgehead atoms. The fourth-order valence-electron chi connectivity index (χ4n) is 2.80. The Bertz CT molecular complexity index is 852. The van der Waals surface area contributed by atoms with Gasteiger partial charge in [0, 0.05) is 22.7 Å². The van der Waals surface area contributed by atoms with E-state index in [0.717, 1.165) is 16.8 Å². The van der Waals surface area contributed by atoms with Gasteiger partial charge in [-0.1, -0.05) is 41.9 Å². The quantitative estimate of drug-likeness (QED) is 0.788. The molecule has 2 aromatic rings. The first-order valence-electron chi connectivity index (χ1n) is 8.12. The molecule has 0 aromatic heterocycles. The summed E-state index contributed by atoms with van der Waals surface area (Å²) in [5, 5.41) is 0.562. The number of carbonyl (C=O) groups is 2. The monoisotopic (exact) mass is 371 g/mol. The minimum absolute atomic E-state index is 0.0202. The van der Waals surface area contributed by atoms with Crippen molar-refractivity contribution in [1.29, 1.82) is 0 Å². The van der Waals surface area contributed by atoms with Crippen LogP contribution in [0.4, 0.5) is 5.69 Å². The number of nitrogens with two attached hydrogens (primary N) is 1. The molecule has 7 heteroatoms. The maximum atomic E-state index is 12.6. The average molecular weight is 372 g/mol. The highest BCUT2D eigenvalue weighted by molar-refractivity contribution is 6.32. The largest absolute Gasteiger partial charge is 0.370 e. The molecule has 1 aliphatic rings. The summed E-state index contributed by atoms with van der Waals surface area (Å²) in [6, 6.07) is 15.0. The van der Waals surface area contributed by atoms with Crippen LogP contribution >= 0.6 is 11.6 Å². The smallest absolute Gasteiger partial charge is 0.248 e. The van der Waals surface area contributed by atoms with Gasteiger partial charge >= 0.3 is 0 Å². The van der Waals surface area contributed by atoms with E-state index in [-0.39, 0.29) is 25.7 Å². The molecule has 0 radical (unpaired) electrons. The number of aliphatic imine (C=N–C) groups is 1. The van der Waals surface area contributed by atoms with Gasteiger partial charge in [-0.2, -0.15) is 0 Å². The van der Waals surface area contributed by atoms with Gasteiger partial charge in [0.1, 0.15) is 13.2 Å². The van der Waals surface area contributed by atoms with Crippen LogP contribution in [0, 0.1) is 0 Å². The molecule has 0 spiro atoms. The van der Waals surface area contributed by atoms with Gasteiger partial charge in [0.05, 0.1) is 18.0 Å². The number of halogens is 1. The minimum Gasteiger partial charge on any atom is -0.370 e. The third-order valence-electron chi connectivity index (χ3n) is 3.93. The van der Waals surface area contributed by atoms with Crippen molar-refractivity contribution in [2.75, 3.05) is 31.2 Å². The Morgan fingerprint density at radius 1 is 1.23 bits per heavy atom. The zero-order valence-corrected chi connectivity index (χ0v) is 14.8. The van der Waals surface area contributed by atoms with Crippen LogP contribution in [0.1, 0.15) is 11.1 Å². The summed E-state index contributed by atoms with van der Waals surface area (Å²) in [4.78, 5) is 29.5. The fraction of sp³-hybridized carbons (Fsp3) is 0.211.